The third kappa shape index (κ3) is 2.08. The molecule has 0 aliphatic carbocycles. The lowest BCUT2D eigenvalue weighted by molar-refractivity contribution is 0.198. The molecule has 17 heavy (non-hydrogen) atoms. The Kier molecular flexibility index (Phi) is 3.23. The van der Waals surface area contributed by atoms with Gasteiger partial charge >= 0.3 is 0 Å². The predicted molar refractivity (Wildman–Crippen MR) is 66.3 cm³/mol. The van der Waals surface area contributed by atoms with Crippen molar-refractivity contribution in [1.82, 2.24) is 4.98 Å². The second-order valence-corrected chi connectivity index (χ2v) is 4.71. The zero-order valence-corrected chi connectivity index (χ0v) is 10.6. The van der Waals surface area contributed by atoms with Crippen LogP contribution in [0.4, 0.5) is 5.82 Å². The molecule has 1 fully saturated rings. The molecule has 1 atom stereocenters. The van der Waals surface area contributed by atoms with E-state index in [1.807, 2.05) is 18.7 Å². The average molecular weight is 252 g/mol. The van der Waals surface area contributed by atoms with E-state index in [0.717, 1.165) is 17.8 Å². The zero-order valence-electron chi connectivity index (χ0n) is 9.87. The van der Waals surface area contributed by atoms with Crippen molar-refractivity contribution in [2.75, 3.05) is 18.0 Å². The highest BCUT2D eigenvalue weighted by atomic mass is 35.5. The van der Waals surface area contributed by atoms with Crippen LogP contribution in [0.15, 0.2) is 0 Å². The van der Waals surface area contributed by atoms with Crippen molar-refractivity contribution in [2.24, 2.45) is 0 Å². The third-order valence-electron chi connectivity index (χ3n) is 3.09. The average Bonchev–Trinajstić information content (AvgIpc) is 2.72. The van der Waals surface area contributed by atoms with Gasteiger partial charge in [-0.05, 0) is 25.8 Å². The molecule has 5 heteroatoms. The van der Waals surface area contributed by atoms with Crippen molar-refractivity contribution in [3.05, 3.63) is 21.8 Å². The minimum atomic E-state index is -0.334. The van der Waals surface area contributed by atoms with Crippen molar-refractivity contribution in [1.29, 1.82) is 5.26 Å². The quantitative estimate of drug-likeness (QED) is 0.827. The number of anilines is 1. The molecule has 2 heterocycles. The van der Waals surface area contributed by atoms with E-state index in [-0.39, 0.29) is 6.10 Å². The molecule has 0 bridgehead atoms. The molecule has 1 saturated heterocycles. The van der Waals surface area contributed by atoms with Crippen LogP contribution in [0.3, 0.4) is 0 Å². The SMILES string of the molecule is Cc1nc(N2CCC(O)C2)c(C#N)c(C)c1Cl. The van der Waals surface area contributed by atoms with E-state index >= 15 is 0 Å². The van der Waals surface area contributed by atoms with Crippen molar-refractivity contribution >= 4 is 17.4 Å². The standard InChI is InChI=1S/C12H14ClN3O/c1-7-10(5-14)12(15-8(2)11(7)13)16-4-3-9(17)6-16/h9,17H,3-4,6H2,1-2H3. The summed E-state index contributed by atoms with van der Waals surface area (Å²) in [6.45, 7) is 4.91. The van der Waals surface area contributed by atoms with Crippen LogP contribution in [-0.2, 0) is 0 Å². The van der Waals surface area contributed by atoms with Gasteiger partial charge in [0.25, 0.3) is 0 Å². The topological polar surface area (TPSA) is 60.1 Å². The number of hydrogen-bond acceptors (Lipinski definition) is 4. The number of aromatic nitrogens is 1. The molecule has 0 radical (unpaired) electrons. The van der Waals surface area contributed by atoms with Crippen LogP contribution in [0.1, 0.15) is 23.2 Å². The summed E-state index contributed by atoms with van der Waals surface area (Å²) < 4.78 is 0. The Bertz CT molecular complexity index is 496. The maximum Gasteiger partial charge on any atom is 0.147 e. The first kappa shape index (κ1) is 12.2. The number of aliphatic hydroxyl groups is 1. The monoisotopic (exact) mass is 251 g/mol. The van der Waals surface area contributed by atoms with Gasteiger partial charge in [0.2, 0.25) is 0 Å². The van der Waals surface area contributed by atoms with Crippen LogP contribution in [0.5, 0.6) is 0 Å². The first-order valence-electron chi connectivity index (χ1n) is 5.54. The maximum atomic E-state index is 9.54. The minimum absolute atomic E-state index is 0.334. The molecule has 1 aliphatic rings. The van der Waals surface area contributed by atoms with E-state index in [1.165, 1.54) is 0 Å². The highest BCUT2D eigenvalue weighted by Crippen LogP contribution is 2.30. The Morgan fingerprint density at radius 3 is 2.76 bits per heavy atom. The smallest absolute Gasteiger partial charge is 0.147 e. The number of hydrogen-bond donors (Lipinski definition) is 1. The van der Waals surface area contributed by atoms with Gasteiger partial charge in [-0.3, -0.25) is 0 Å². The van der Waals surface area contributed by atoms with Gasteiger partial charge in [-0.2, -0.15) is 5.26 Å². The molecule has 4 nitrogen and oxygen atoms in total. The Morgan fingerprint density at radius 2 is 2.24 bits per heavy atom. The molecule has 0 saturated carbocycles. The number of β-amino-alcohol motifs (C(OH)–C–C–N with tert-alkyl or cyclic N) is 1. The first-order chi connectivity index (χ1) is 8.04. The van der Waals surface area contributed by atoms with E-state index in [2.05, 4.69) is 11.1 Å². The fraction of sp³-hybridized carbons (Fsp3) is 0.500. The van der Waals surface area contributed by atoms with E-state index in [0.29, 0.717) is 29.4 Å². The number of aliphatic hydroxyl groups excluding tert-OH is 1. The van der Waals surface area contributed by atoms with E-state index in [9.17, 15) is 10.4 Å². The highest BCUT2D eigenvalue weighted by molar-refractivity contribution is 6.32. The van der Waals surface area contributed by atoms with Crippen LogP contribution < -0.4 is 4.90 Å². The zero-order chi connectivity index (χ0) is 12.6. The van der Waals surface area contributed by atoms with Gasteiger partial charge in [0.1, 0.15) is 11.9 Å². The summed E-state index contributed by atoms with van der Waals surface area (Å²) >= 11 is 6.09. The summed E-state index contributed by atoms with van der Waals surface area (Å²) in [7, 11) is 0. The van der Waals surface area contributed by atoms with Gasteiger partial charge in [-0.15, -0.1) is 0 Å². The van der Waals surface area contributed by atoms with Crippen LogP contribution in [-0.4, -0.2) is 29.3 Å². The maximum absolute atomic E-state index is 9.54. The lowest BCUT2D eigenvalue weighted by atomic mass is 10.1. The van der Waals surface area contributed by atoms with Crippen molar-refractivity contribution in [3.63, 3.8) is 0 Å². The fourth-order valence-electron chi connectivity index (χ4n) is 2.11. The molecule has 90 valence electrons. The second-order valence-electron chi connectivity index (χ2n) is 4.34. The van der Waals surface area contributed by atoms with Crippen molar-refractivity contribution < 1.29 is 5.11 Å². The van der Waals surface area contributed by atoms with Gasteiger partial charge in [0.15, 0.2) is 0 Å². The van der Waals surface area contributed by atoms with E-state index < -0.39 is 0 Å². The summed E-state index contributed by atoms with van der Waals surface area (Å²) in [6.07, 6.45) is 0.382. The largest absolute Gasteiger partial charge is 0.391 e. The first-order valence-corrected chi connectivity index (χ1v) is 5.92. The molecule has 2 rings (SSSR count). The van der Waals surface area contributed by atoms with Crippen molar-refractivity contribution in [3.8, 4) is 6.07 Å². The Labute approximate surface area is 105 Å². The second kappa shape index (κ2) is 4.52. The predicted octanol–water partition coefficient (Wildman–Crippen LogP) is 1.79. The normalized spacial score (nSPS) is 19.5. The molecule has 0 aromatic carbocycles. The molecule has 0 amide bonds. The number of aryl methyl sites for hydroxylation is 1. The summed E-state index contributed by atoms with van der Waals surface area (Å²) in [5.74, 6) is 0.642. The molecule has 1 N–H and O–H groups in total. The number of halogens is 1. The van der Waals surface area contributed by atoms with Gasteiger partial charge < -0.3 is 10.0 Å². The fourth-order valence-corrected chi connectivity index (χ4v) is 2.25. The van der Waals surface area contributed by atoms with Crippen LogP contribution >= 0.6 is 11.6 Å². The lowest BCUT2D eigenvalue weighted by Gasteiger charge is -2.20. The summed E-state index contributed by atoms with van der Waals surface area (Å²) in [5, 5.41) is 19.3. The molecule has 0 spiro atoms. The van der Waals surface area contributed by atoms with Gasteiger partial charge in [0.05, 0.1) is 22.4 Å². The number of nitriles is 1. The van der Waals surface area contributed by atoms with Crippen LogP contribution in [0.25, 0.3) is 0 Å². The number of nitrogens with zero attached hydrogens (tertiary/aromatic N) is 3. The van der Waals surface area contributed by atoms with E-state index in [4.69, 9.17) is 11.6 Å². The molecule has 1 unspecified atom stereocenters. The molecular formula is C12H14ClN3O. The molecule has 1 aromatic heterocycles. The molecule has 1 aliphatic heterocycles. The van der Waals surface area contributed by atoms with Crippen LogP contribution in [0.2, 0.25) is 5.02 Å². The Morgan fingerprint density at radius 1 is 1.53 bits per heavy atom. The van der Waals surface area contributed by atoms with Gasteiger partial charge in [-0.25, -0.2) is 4.98 Å². The van der Waals surface area contributed by atoms with Gasteiger partial charge in [-0.1, -0.05) is 11.6 Å². The number of rotatable bonds is 1. The summed E-state index contributed by atoms with van der Waals surface area (Å²) in [4.78, 5) is 6.33. The summed E-state index contributed by atoms with van der Waals surface area (Å²) in [6, 6.07) is 2.15. The van der Waals surface area contributed by atoms with Crippen LogP contribution in [0, 0.1) is 25.2 Å². The highest BCUT2D eigenvalue weighted by Gasteiger charge is 2.25. The summed E-state index contributed by atoms with van der Waals surface area (Å²) in [5.41, 5.74) is 1.99. The Hall–Kier alpha value is -1.31. The lowest BCUT2D eigenvalue weighted by Crippen LogP contribution is -2.24. The minimum Gasteiger partial charge on any atom is -0.391 e. The van der Waals surface area contributed by atoms with Gasteiger partial charge in [0, 0.05) is 13.1 Å². The van der Waals surface area contributed by atoms with E-state index in [1.54, 1.807) is 0 Å². The number of pyridine rings is 1. The van der Waals surface area contributed by atoms with Crippen molar-refractivity contribution in [2.45, 2.75) is 26.4 Å². The molecule has 1 aromatic rings. The Balaban J connectivity index is 2.51. The molecular weight excluding hydrogens is 238 g/mol. The third-order valence-corrected chi connectivity index (χ3v) is 3.65.